The summed E-state index contributed by atoms with van der Waals surface area (Å²) >= 11 is 0.906. The van der Waals surface area contributed by atoms with E-state index in [0.29, 0.717) is 4.90 Å². The first-order chi connectivity index (χ1) is 14.6. The second kappa shape index (κ2) is 8.34. The fourth-order valence-electron chi connectivity index (χ4n) is 3.37. The number of nitrogen functional groups attached to an aromatic ring is 1. The van der Waals surface area contributed by atoms with Crippen molar-refractivity contribution in [2.75, 3.05) is 5.73 Å². The average molecular weight is 471 g/mol. The molecule has 4 rings (SSSR count). The van der Waals surface area contributed by atoms with Crippen molar-refractivity contribution in [3.05, 3.63) is 47.0 Å². The van der Waals surface area contributed by atoms with Crippen molar-refractivity contribution in [3.8, 4) is 0 Å². The highest BCUT2D eigenvalue weighted by molar-refractivity contribution is 8.05. The number of nitrogens with two attached hydrogens (primary N) is 1. The molecule has 2 aromatic heterocycles. The predicted molar refractivity (Wildman–Crippen MR) is 110 cm³/mol. The second-order valence-corrected chi connectivity index (χ2v) is 10.4. The summed E-state index contributed by atoms with van der Waals surface area (Å²) in [6.45, 7) is 0. The normalized spacial score (nSPS) is 25.2. The Balaban J connectivity index is 1.60. The van der Waals surface area contributed by atoms with Crippen molar-refractivity contribution in [2.24, 2.45) is 0 Å². The Kier molecular flexibility index (Phi) is 5.90. The molecule has 31 heavy (non-hydrogen) atoms. The van der Waals surface area contributed by atoms with Crippen molar-refractivity contribution in [1.82, 2.24) is 19.5 Å². The number of H-pyrrole nitrogens is 1. The number of fused-ring (bicyclic) bond motifs is 1. The number of aromatic amines is 1. The molecule has 11 nitrogen and oxygen atoms in total. The van der Waals surface area contributed by atoms with E-state index < -0.39 is 42.8 Å². The summed E-state index contributed by atoms with van der Waals surface area (Å²) in [6.07, 6.45) is -5.44. The number of benzene rings is 1. The van der Waals surface area contributed by atoms with Crippen LogP contribution in [0.2, 0.25) is 0 Å². The molecule has 3 heterocycles. The molecule has 0 saturated carbocycles. The fourth-order valence-corrected chi connectivity index (χ4v) is 5.68. The highest BCUT2D eigenvalue weighted by atomic mass is 32.2. The number of imidazole rings is 1. The Morgan fingerprint density at radius 1 is 1.35 bits per heavy atom. The smallest absolute Gasteiger partial charge is 0.338 e. The van der Waals surface area contributed by atoms with E-state index in [9.17, 15) is 28.6 Å². The third-order valence-electron chi connectivity index (χ3n) is 4.84. The number of rotatable bonds is 6. The zero-order valence-corrected chi connectivity index (χ0v) is 17.5. The monoisotopic (exact) mass is 471 g/mol. The van der Waals surface area contributed by atoms with Crippen LogP contribution in [0.25, 0.3) is 11.2 Å². The number of hydrogen-bond donors (Lipinski definition) is 5. The van der Waals surface area contributed by atoms with Gasteiger partial charge in [-0.25, -0.2) is 9.37 Å². The van der Waals surface area contributed by atoms with Crippen LogP contribution in [0.15, 0.2) is 46.3 Å². The quantitative estimate of drug-likeness (QED) is 0.257. The summed E-state index contributed by atoms with van der Waals surface area (Å²) in [7, 11) is -4.63. The molecule has 1 fully saturated rings. The van der Waals surface area contributed by atoms with Crippen LogP contribution in [0.4, 0.5) is 10.3 Å². The maximum absolute atomic E-state index is 14.9. The van der Waals surface area contributed by atoms with Crippen molar-refractivity contribution in [3.63, 3.8) is 0 Å². The maximum Gasteiger partial charge on any atom is 0.338 e. The largest absolute Gasteiger partial charge is 0.385 e. The molecule has 1 saturated heterocycles. The molecular formula is C17H19FN5O6PS. The number of alkyl halides is 1. The number of nitrogens with one attached hydrogen (secondary N) is 1. The predicted octanol–water partition coefficient (Wildman–Crippen LogP) is 0.984. The van der Waals surface area contributed by atoms with Crippen molar-refractivity contribution < 1.29 is 28.6 Å². The van der Waals surface area contributed by atoms with Crippen LogP contribution in [0.3, 0.4) is 0 Å². The Bertz CT molecular complexity index is 1190. The molecule has 1 aliphatic heterocycles. The van der Waals surface area contributed by atoms with E-state index in [4.69, 9.17) is 10.5 Å². The zero-order chi connectivity index (χ0) is 22.3. The van der Waals surface area contributed by atoms with E-state index in [2.05, 4.69) is 15.0 Å². The van der Waals surface area contributed by atoms with Gasteiger partial charge in [-0.3, -0.25) is 18.9 Å². The van der Waals surface area contributed by atoms with Crippen LogP contribution in [0.5, 0.6) is 0 Å². The molecule has 0 spiro atoms. The van der Waals surface area contributed by atoms with Gasteiger partial charge in [-0.15, -0.1) is 11.8 Å². The SMILES string of the molecule is Nc1nc2c(ncn2C2OC(CC(Sc3ccccc3)P(=O)(O)O)C(F)C2O)c(=O)[nH]1. The summed E-state index contributed by atoms with van der Waals surface area (Å²) in [4.78, 5) is 41.0. The molecule has 6 N–H and O–H groups in total. The molecule has 1 aromatic carbocycles. The molecular weight excluding hydrogens is 452 g/mol. The van der Waals surface area contributed by atoms with E-state index in [-0.39, 0.29) is 23.5 Å². The van der Waals surface area contributed by atoms with E-state index in [0.717, 1.165) is 18.1 Å². The van der Waals surface area contributed by atoms with E-state index >= 15 is 0 Å². The van der Waals surface area contributed by atoms with Gasteiger partial charge in [-0.05, 0) is 12.1 Å². The molecule has 1 aliphatic rings. The van der Waals surface area contributed by atoms with Crippen LogP contribution in [0, 0.1) is 0 Å². The standard InChI is InChI=1S/C17H19FN5O6PS/c18-11-9(6-10(30(26,27)28)31-8-4-2-1-3-5-8)29-16(13(11)24)23-7-20-12-14(23)21-17(19)22-15(12)25/h1-5,7,9-11,13,16,24H,6H2,(H2,26,27,28)(H3,19,21,22,25). The number of aliphatic hydroxyl groups excluding tert-OH is 1. The van der Waals surface area contributed by atoms with Gasteiger partial charge in [0.05, 0.1) is 12.4 Å². The first-order valence-electron chi connectivity index (χ1n) is 9.12. The maximum atomic E-state index is 14.9. The molecule has 5 atom stereocenters. The number of ether oxygens (including phenoxy) is 1. The number of anilines is 1. The number of hydrogen-bond acceptors (Lipinski definition) is 8. The van der Waals surface area contributed by atoms with E-state index in [1.807, 2.05) is 0 Å². The van der Waals surface area contributed by atoms with Crippen LogP contribution >= 0.6 is 19.4 Å². The molecule has 166 valence electrons. The Morgan fingerprint density at radius 2 is 2.06 bits per heavy atom. The third kappa shape index (κ3) is 4.38. The van der Waals surface area contributed by atoms with Gasteiger partial charge < -0.3 is 25.4 Å². The molecule has 0 bridgehead atoms. The van der Waals surface area contributed by atoms with Gasteiger partial charge in [0.1, 0.15) is 11.1 Å². The van der Waals surface area contributed by atoms with Crippen molar-refractivity contribution in [2.45, 2.75) is 40.9 Å². The first-order valence-corrected chi connectivity index (χ1v) is 11.7. The third-order valence-corrected chi connectivity index (χ3v) is 7.95. The molecule has 0 radical (unpaired) electrons. The van der Waals surface area contributed by atoms with Gasteiger partial charge in [-0.2, -0.15) is 4.98 Å². The first kappa shape index (κ1) is 21.9. The minimum Gasteiger partial charge on any atom is -0.385 e. The van der Waals surface area contributed by atoms with Gasteiger partial charge in [0.2, 0.25) is 5.95 Å². The Hall–Kier alpha value is -2.28. The van der Waals surface area contributed by atoms with E-state index in [1.54, 1.807) is 30.3 Å². The van der Waals surface area contributed by atoms with Gasteiger partial charge in [0.15, 0.2) is 23.6 Å². The van der Waals surface area contributed by atoms with Crippen LogP contribution in [0.1, 0.15) is 12.6 Å². The lowest BCUT2D eigenvalue weighted by atomic mass is 10.1. The van der Waals surface area contributed by atoms with Crippen LogP contribution in [-0.2, 0) is 9.30 Å². The van der Waals surface area contributed by atoms with E-state index in [1.165, 1.54) is 4.57 Å². The van der Waals surface area contributed by atoms with Crippen LogP contribution < -0.4 is 11.3 Å². The van der Waals surface area contributed by atoms with Crippen molar-refractivity contribution >= 4 is 36.5 Å². The van der Waals surface area contributed by atoms with Gasteiger partial charge in [0, 0.05) is 11.3 Å². The lowest BCUT2D eigenvalue weighted by Gasteiger charge is -2.22. The number of halogens is 1. The highest BCUT2D eigenvalue weighted by Crippen LogP contribution is 2.53. The summed E-state index contributed by atoms with van der Waals surface area (Å²) in [5.41, 5.74) is 4.86. The van der Waals surface area contributed by atoms with Crippen LogP contribution in [-0.4, -0.2) is 57.8 Å². The number of aromatic nitrogens is 4. The Morgan fingerprint density at radius 3 is 2.74 bits per heavy atom. The fraction of sp³-hybridized carbons (Fsp3) is 0.353. The summed E-state index contributed by atoms with van der Waals surface area (Å²) < 4.78 is 33.7. The molecule has 0 amide bonds. The average Bonchev–Trinajstić information content (AvgIpc) is 3.24. The van der Waals surface area contributed by atoms with Crippen molar-refractivity contribution in [1.29, 1.82) is 0 Å². The Labute approximate surface area is 178 Å². The van der Waals surface area contributed by atoms with Gasteiger partial charge in [0.25, 0.3) is 5.56 Å². The van der Waals surface area contributed by atoms with Gasteiger partial charge in [-0.1, -0.05) is 18.2 Å². The molecule has 0 aliphatic carbocycles. The number of nitrogens with zero attached hydrogens (tertiary/aromatic N) is 3. The lowest BCUT2D eigenvalue weighted by molar-refractivity contribution is -0.0360. The molecule has 14 heteroatoms. The lowest BCUT2D eigenvalue weighted by Crippen LogP contribution is -2.29. The number of aliphatic hydroxyl groups is 1. The highest BCUT2D eigenvalue weighted by Gasteiger charge is 2.48. The number of thioether (sulfide) groups is 1. The molecule has 5 unspecified atom stereocenters. The summed E-state index contributed by atoms with van der Waals surface area (Å²) in [6, 6.07) is 8.55. The zero-order valence-electron chi connectivity index (χ0n) is 15.8. The second-order valence-electron chi connectivity index (χ2n) is 6.99. The molecule has 3 aromatic rings. The summed E-state index contributed by atoms with van der Waals surface area (Å²) in [5, 5.41) is 10.4. The summed E-state index contributed by atoms with van der Waals surface area (Å²) in [5.74, 6) is -0.194. The minimum absolute atomic E-state index is 0.0108. The topological polar surface area (TPSA) is 177 Å². The minimum atomic E-state index is -4.63. The van der Waals surface area contributed by atoms with Gasteiger partial charge >= 0.3 is 7.60 Å².